The lowest BCUT2D eigenvalue weighted by molar-refractivity contribution is -0.0612. The molecule has 0 bridgehead atoms. The van der Waals surface area contributed by atoms with Crippen LogP contribution in [0.3, 0.4) is 0 Å². The zero-order valence-corrected chi connectivity index (χ0v) is 11.1. The Morgan fingerprint density at radius 3 is 3.15 bits per heavy atom. The number of rotatable bonds is 5. The molecule has 1 amide bonds. The minimum atomic E-state index is -0.245. The molecule has 7 nitrogen and oxygen atoms in total. The van der Waals surface area contributed by atoms with E-state index in [0.717, 1.165) is 0 Å². The summed E-state index contributed by atoms with van der Waals surface area (Å²) in [5.41, 5.74) is 5.92. The molecule has 7 heteroatoms. The second kappa shape index (κ2) is 7.18. The third-order valence-electron chi connectivity index (χ3n) is 3.08. The highest BCUT2D eigenvalue weighted by Gasteiger charge is 2.28. The molecule has 4 N–H and O–H groups in total. The molecule has 1 aromatic rings. The van der Waals surface area contributed by atoms with Gasteiger partial charge in [0, 0.05) is 12.8 Å². The van der Waals surface area contributed by atoms with Gasteiger partial charge in [-0.25, -0.2) is 4.98 Å². The van der Waals surface area contributed by atoms with E-state index in [-0.39, 0.29) is 31.3 Å². The summed E-state index contributed by atoms with van der Waals surface area (Å²) in [7, 11) is 0. The number of amides is 1. The number of pyridine rings is 1. The van der Waals surface area contributed by atoms with Gasteiger partial charge in [0.2, 0.25) is 0 Å². The van der Waals surface area contributed by atoms with Crippen molar-refractivity contribution in [1.82, 2.24) is 10.3 Å². The average molecular weight is 281 g/mol. The standard InChI is InChI=1S/C13H19N3O4/c14-12-2-1-9(7-15-12)13(18)16-10-8-19-5-3-11(10)20-6-4-17/h1-2,7,10-11,17H,3-6,8H2,(H2,14,15)(H,16,18)/t10-,11+/m1/s1. The molecule has 1 fully saturated rings. The quantitative estimate of drug-likeness (QED) is 0.675. The molecule has 1 saturated heterocycles. The summed E-state index contributed by atoms with van der Waals surface area (Å²) in [5, 5.41) is 11.7. The fourth-order valence-corrected chi connectivity index (χ4v) is 2.05. The molecule has 0 saturated carbocycles. The van der Waals surface area contributed by atoms with Crippen LogP contribution in [0, 0.1) is 0 Å². The van der Waals surface area contributed by atoms with Crippen LogP contribution < -0.4 is 11.1 Å². The number of aliphatic hydroxyl groups excluding tert-OH is 1. The molecule has 2 rings (SSSR count). The number of ether oxygens (including phenoxy) is 2. The summed E-state index contributed by atoms with van der Waals surface area (Å²) in [6.07, 6.45) is 1.96. The molecular formula is C13H19N3O4. The molecule has 0 radical (unpaired) electrons. The minimum absolute atomic E-state index is 0.0418. The normalized spacial score (nSPS) is 22.4. The number of aromatic nitrogens is 1. The number of nitrogens with one attached hydrogen (secondary N) is 1. The predicted molar refractivity (Wildman–Crippen MR) is 72.2 cm³/mol. The highest BCUT2D eigenvalue weighted by atomic mass is 16.5. The molecule has 0 aliphatic carbocycles. The van der Waals surface area contributed by atoms with E-state index in [9.17, 15) is 4.79 Å². The van der Waals surface area contributed by atoms with E-state index in [2.05, 4.69) is 10.3 Å². The van der Waals surface area contributed by atoms with E-state index in [1.54, 1.807) is 12.1 Å². The first kappa shape index (κ1) is 14.7. The lowest BCUT2D eigenvalue weighted by Gasteiger charge is -2.31. The van der Waals surface area contributed by atoms with Crippen LogP contribution in [0.2, 0.25) is 0 Å². The van der Waals surface area contributed by atoms with E-state index >= 15 is 0 Å². The molecule has 0 aromatic carbocycles. The Morgan fingerprint density at radius 2 is 2.45 bits per heavy atom. The monoisotopic (exact) mass is 281 g/mol. The maximum Gasteiger partial charge on any atom is 0.253 e. The SMILES string of the molecule is Nc1ccc(C(=O)N[C@@H]2COCC[C@@H]2OCCO)cn1. The number of hydrogen-bond acceptors (Lipinski definition) is 6. The first-order valence-electron chi connectivity index (χ1n) is 6.53. The summed E-state index contributed by atoms with van der Waals surface area (Å²) in [6.45, 7) is 1.19. The Morgan fingerprint density at radius 1 is 1.60 bits per heavy atom. The lowest BCUT2D eigenvalue weighted by atomic mass is 10.1. The van der Waals surface area contributed by atoms with Crippen molar-refractivity contribution in [2.24, 2.45) is 0 Å². The van der Waals surface area contributed by atoms with Crippen molar-refractivity contribution in [3.8, 4) is 0 Å². The minimum Gasteiger partial charge on any atom is -0.394 e. The van der Waals surface area contributed by atoms with Crippen molar-refractivity contribution in [3.63, 3.8) is 0 Å². The van der Waals surface area contributed by atoms with Gasteiger partial charge in [-0.2, -0.15) is 0 Å². The van der Waals surface area contributed by atoms with E-state index in [1.165, 1.54) is 6.20 Å². The number of carbonyl (C=O) groups excluding carboxylic acids is 1. The molecule has 1 aliphatic heterocycles. The number of carbonyl (C=O) groups is 1. The van der Waals surface area contributed by atoms with Gasteiger partial charge in [-0.05, 0) is 18.6 Å². The zero-order valence-electron chi connectivity index (χ0n) is 11.1. The number of nitrogens with zero attached hydrogens (tertiary/aromatic N) is 1. The van der Waals surface area contributed by atoms with Gasteiger partial charge >= 0.3 is 0 Å². The summed E-state index contributed by atoms with van der Waals surface area (Å²) in [6, 6.07) is 2.96. The van der Waals surface area contributed by atoms with Crippen LogP contribution in [-0.4, -0.2) is 54.6 Å². The number of anilines is 1. The fourth-order valence-electron chi connectivity index (χ4n) is 2.05. The van der Waals surface area contributed by atoms with E-state index in [0.29, 0.717) is 31.0 Å². The van der Waals surface area contributed by atoms with Crippen molar-refractivity contribution >= 4 is 11.7 Å². The summed E-state index contributed by atoms with van der Waals surface area (Å²) >= 11 is 0. The van der Waals surface area contributed by atoms with Gasteiger partial charge in [-0.1, -0.05) is 0 Å². The Bertz CT molecular complexity index is 438. The first-order valence-corrected chi connectivity index (χ1v) is 6.53. The summed E-state index contributed by atoms with van der Waals surface area (Å²) in [4.78, 5) is 16.0. The van der Waals surface area contributed by atoms with Crippen LogP contribution in [0.25, 0.3) is 0 Å². The Kier molecular flexibility index (Phi) is 5.28. The maximum atomic E-state index is 12.1. The maximum absolute atomic E-state index is 12.1. The molecular weight excluding hydrogens is 262 g/mol. The average Bonchev–Trinajstić information content (AvgIpc) is 2.47. The third kappa shape index (κ3) is 3.89. The predicted octanol–water partition coefficient (Wildman–Crippen LogP) is -0.440. The zero-order chi connectivity index (χ0) is 14.4. The molecule has 0 unspecified atom stereocenters. The second-order valence-electron chi connectivity index (χ2n) is 4.55. The lowest BCUT2D eigenvalue weighted by Crippen LogP contribution is -2.50. The number of nitrogen functional groups attached to an aromatic ring is 1. The van der Waals surface area contributed by atoms with Crippen molar-refractivity contribution in [3.05, 3.63) is 23.9 Å². The summed E-state index contributed by atoms with van der Waals surface area (Å²) in [5.74, 6) is 0.123. The van der Waals surface area contributed by atoms with Crippen LogP contribution in [0.1, 0.15) is 16.8 Å². The van der Waals surface area contributed by atoms with Crippen LogP contribution >= 0.6 is 0 Å². The van der Waals surface area contributed by atoms with Gasteiger partial charge in [0.1, 0.15) is 5.82 Å². The smallest absolute Gasteiger partial charge is 0.253 e. The number of nitrogens with two attached hydrogens (primary N) is 1. The van der Waals surface area contributed by atoms with Crippen LogP contribution in [0.4, 0.5) is 5.82 Å². The molecule has 2 atom stereocenters. The fraction of sp³-hybridized carbons (Fsp3) is 0.538. The highest BCUT2D eigenvalue weighted by Crippen LogP contribution is 2.13. The Labute approximate surface area is 117 Å². The van der Waals surface area contributed by atoms with Crippen LogP contribution in [0.15, 0.2) is 18.3 Å². The summed E-state index contributed by atoms with van der Waals surface area (Å²) < 4.78 is 10.9. The van der Waals surface area contributed by atoms with Crippen molar-refractivity contribution in [2.75, 3.05) is 32.2 Å². The molecule has 2 heterocycles. The molecule has 1 aliphatic rings. The molecule has 20 heavy (non-hydrogen) atoms. The van der Waals surface area contributed by atoms with Crippen LogP contribution in [0.5, 0.6) is 0 Å². The van der Waals surface area contributed by atoms with E-state index in [1.807, 2.05) is 0 Å². The van der Waals surface area contributed by atoms with Crippen molar-refractivity contribution in [1.29, 1.82) is 0 Å². The van der Waals surface area contributed by atoms with Gasteiger partial charge in [0.15, 0.2) is 0 Å². The largest absolute Gasteiger partial charge is 0.394 e. The van der Waals surface area contributed by atoms with Gasteiger partial charge in [0.25, 0.3) is 5.91 Å². The third-order valence-corrected chi connectivity index (χ3v) is 3.08. The van der Waals surface area contributed by atoms with E-state index < -0.39 is 0 Å². The van der Waals surface area contributed by atoms with Crippen molar-refractivity contribution < 1.29 is 19.4 Å². The second-order valence-corrected chi connectivity index (χ2v) is 4.55. The topological polar surface area (TPSA) is 107 Å². The van der Waals surface area contributed by atoms with Gasteiger partial charge in [-0.15, -0.1) is 0 Å². The Hall–Kier alpha value is -1.70. The Balaban J connectivity index is 1.95. The van der Waals surface area contributed by atoms with Crippen LogP contribution in [-0.2, 0) is 9.47 Å². The van der Waals surface area contributed by atoms with Gasteiger partial charge in [0.05, 0.1) is 37.5 Å². The molecule has 110 valence electrons. The first-order chi connectivity index (χ1) is 9.70. The van der Waals surface area contributed by atoms with Gasteiger partial charge in [-0.3, -0.25) is 4.79 Å². The highest BCUT2D eigenvalue weighted by molar-refractivity contribution is 5.94. The van der Waals surface area contributed by atoms with E-state index in [4.69, 9.17) is 20.3 Å². The van der Waals surface area contributed by atoms with Gasteiger partial charge < -0.3 is 25.6 Å². The number of aliphatic hydroxyl groups is 1. The molecule has 0 spiro atoms. The molecule has 1 aromatic heterocycles. The number of hydrogen-bond donors (Lipinski definition) is 3. The van der Waals surface area contributed by atoms with Crippen molar-refractivity contribution in [2.45, 2.75) is 18.6 Å².